The number of hydrogen-bond donors (Lipinski definition) is 3. The number of methoxy groups -OCH3 is 1. The molecule has 162 valence electrons. The van der Waals surface area contributed by atoms with E-state index in [1.54, 1.807) is 0 Å². The maximum Gasteiger partial charge on any atom is 0.421 e. The number of nitrogens with one attached hydrogen (secondary N) is 3. The molecule has 30 heavy (non-hydrogen) atoms. The smallest absolute Gasteiger partial charge is 0.421 e. The van der Waals surface area contributed by atoms with Crippen molar-refractivity contribution in [1.82, 2.24) is 15.3 Å². The summed E-state index contributed by atoms with van der Waals surface area (Å²) in [6.07, 6.45) is -4.79. The molecule has 1 amide bonds. The number of rotatable bonds is 6. The Hall–Kier alpha value is -3.18. The van der Waals surface area contributed by atoms with Crippen molar-refractivity contribution in [3.63, 3.8) is 0 Å². The van der Waals surface area contributed by atoms with Crippen molar-refractivity contribution in [2.75, 3.05) is 24.8 Å². The average molecular weight is 431 g/mol. The molecule has 1 fully saturated rings. The lowest BCUT2D eigenvalue weighted by atomic mass is 9.88. The Kier molecular flexibility index (Phi) is 5.68. The SMILES string of the molecule is CNc1nc(Nc2ccc(C(=O)NC3CC(F)(F)C3)cc2OC)ncc1C(F)(F)F. The fourth-order valence-corrected chi connectivity index (χ4v) is 2.93. The molecule has 1 aromatic heterocycles. The van der Waals surface area contributed by atoms with Crippen LogP contribution in [-0.2, 0) is 6.18 Å². The topological polar surface area (TPSA) is 88.2 Å². The largest absolute Gasteiger partial charge is 0.495 e. The molecule has 7 nitrogen and oxygen atoms in total. The van der Waals surface area contributed by atoms with Crippen molar-refractivity contribution >= 4 is 23.4 Å². The molecule has 1 aliphatic rings. The number of hydrogen-bond acceptors (Lipinski definition) is 6. The number of aromatic nitrogens is 2. The number of ether oxygens (including phenoxy) is 1. The van der Waals surface area contributed by atoms with Gasteiger partial charge in [0.15, 0.2) is 0 Å². The van der Waals surface area contributed by atoms with E-state index in [9.17, 15) is 26.7 Å². The van der Waals surface area contributed by atoms with Crippen LogP contribution in [0, 0.1) is 0 Å². The van der Waals surface area contributed by atoms with Crippen molar-refractivity contribution in [1.29, 1.82) is 0 Å². The second-order valence-electron chi connectivity index (χ2n) is 6.68. The molecule has 3 N–H and O–H groups in total. The Morgan fingerprint density at radius 2 is 1.97 bits per heavy atom. The van der Waals surface area contributed by atoms with Gasteiger partial charge >= 0.3 is 6.18 Å². The van der Waals surface area contributed by atoms with Crippen molar-refractivity contribution in [3.05, 3.63) is 35.5 Å². The second kappa shape index (κ2) is 7.92. The first-order chi connectivity index (χ1) is 14.0. The minimum Gasteiger partial charge on any atom is -0.495 e. The fraction of sp³-hybridized carbons (Fsp3) is 0.389. The van der Waals surface area contributed by atoms with Crippen molar-refractivity contribution in [3.8, 4) is 5.75 Å². The maximum atomic E-state index is 13.0. The van der Waals surface area contributed by atoms with Gasteiger partial charge in [-0.1, -0.05) is 0 Å². The number of amides is 1. The molecule has 0 aliphatic heterocycles. The highest BCUT2D eigenvalue weighted by Gasteiger charge is 2.46. The highest BCUT2D eigenvalue weighted by atomic mass is 19.4. The quantitative estimate of drug-likeness (QED) is 0.603. The molecule has 2 aromatic rings. The molecule has 0 unspecified atom stereocenters. The summed E-state index contributed by atoms with van der Waals surface area (Å²) in [5.41, 5.74) is -0.543. The average Bonchev–Trinajstić information content (AvgIpc) is 2.65. The van der Waals surface area contributed by atoms with Crippen LogP contribution in [0.3, 0.4) is 0 Å². The van der Waals surface area contributed by atoms with Gasteiger partial charge in [0.05, 0.1) is 12.8 Å². The van der Waals surface area contributed by atoms with Gasteiger partial charge in [-0.25, -0.2) is 13.8 Å². The Bertz CT molecular complexity index is 943. The lowest BCUT2D eigenvalue weighted by Gasteiger charge is -2.35. The molecule has 12 heteroatoms. The van der Waals surface area contributed by atoms with E-state index in [0.717, 1.165) is 0 Å². The summed E-state index contributed by atoms with van der Waals surface area (Å²) >= 11 is 0. The van der Waals surface area contributed by atoms with E-state index in [0.29, 0.717) is 11.9 Å². The van der Waals surface area contributed by atoms with E-state index in [4.69, 9.17) is 4.74 Å². The molecular formula is C18H18F5N5O2. The third kappa shape index (κ3) is 4.69. The van der Waals surface area contributed by atoms with E-state index in [1.807, 2.05) is 0 Å². The fourth-order valence-electron chi connectivity index (χ4n) is 2.93. The number of alkyl halides is 5. The van der Waals surface area contributed by atoms with E-state index < -0.39 is 48.3 Å². The molecule has 1 saturated carbocycles. The van der Waals surface area contributed by atoms with Crippen LogP contribution < -0.4 is 20.7 Å². The highest BCUT2D eigenvalue weighted by molar-refractivity contribution is 5.95. The van der Waals surface area contributed by atoms with Gasteiger partial charge in [0.25, 0.3) is 11.8 Å². The van der Waals surface area contributed by atoms with Crippen LogP contribution >= 0.6 is 0 Å². The van der Waals surface area contributed by atoms with Crippen LogP contribution in [0.25, 0.3) is 0 Å². The van der Waals surface area contributed by atoms with E-state index >= 15 is 0 Å². The molecule has 0 saturated heterocycles. The Morgan fingerprint density at radius 3 is 2.53 bits per heavy atom. The van der Waals surface area contributed by atoms with Crippen molar-refractivity contribution in [2.45, 2.75) is 31.0 Å². The molecule has 3 rings (SSSR count). The summed E-state index contributed by atoms with van der Waals surface area (Å²) in [6, 6.07) is 3.64. The van der Waals surface area contributed by atoms with Crippen LogP contribution in [-0.4, -0.2) is 42.0 Å². The molecule has 1 heterocycles. The van der Waals surface area contributed by atoms with Crippen molar-refractivity contribution in [2.24, 2.45) is 0 Å². The van der Waals surface area contributed by atoms with Gasteiger partial charge < -0.3 is 20.7 Å². The van der Waals surface area contributed by atoms with E-state index in [2.05, 4.69) is 25.9 Å². The van der Waals surface area contributed by atoms with Gasteiger partial charge in [0.2, 0.25) is 5.95 Å². The van der Waals surface area contributed by atoms with Crippen molar-refractivity contribution < 1.29 is 31.5 Å². The minimum atomic E-state index is -4.62. The zero-order valence-corrected chi connectivity index (χ0v) is 15.9. The molecule has 0 bridgehead atoms. The zero-order chi connectivity index (χ0) is 22.1. The number of carbonyl (C=O) groups excluding carboxylic acids is 1. The first-order valence-electron chi connectivity index (χ1n) is 8.78. The lowest BCUT2D eigenvalue weighted by Crippen LogP contribution is -2.50. The normalized spacial score (nSPS) is 15.8. The molecule has 1 aromatic carbocycles. The van der Waals surface area contributed by atoms with Gasteiger partial charge in [-0.3, -0.25) is 4.79 Å². The van der Waals surface area contributed by atoms with Crippen LogP contribution in [0.5, 0.6) is 5.75 Å². The van der Waals surface area contributed by atoms with Crippen LogP contribution in [0.1, 0.15) is 28.8 Å². The van der Waals surface area contributed by atoms with E-state index in [-0.39, 0.29) is 17.3 Å². The third-order valence-corrected chi connectivity index (χ3v) is 4.47. The van der Waals surface area contributed by atoms with Crippen LogP contribution in [0.2, 0.25) is 0 Å². The Labute approximate surface area is 168 Å². The Balaban J connectivity index is 1.76. The standard InChI is InChI=1S/C18H18F5N5O2/c1-24-14-11(18(21,22)23)8-25-16(28-14)27-12-4-3-9(5-13(12)30-2)15(29)26-10-6-17(19,20)7-10/h3-5,8,10H,6-7H2,1-2H3,(H,26,29)(H2,24,25,27,28). The molecule has 0 spiro atoms. The second-order valence-corrected chi connectivity index (χ2v) is 6.68. The monoisotopic (exact) mass is 431 g/mol. The first-order valence-corrected chi connectivity index (χ1v) is 8.78. The van der Waals surface area contributed by atoms with E-state index in [1.165, 1.54) is 32.4 Å². The summed E-state index contributed by atoms with van der Waals surface area (Å²) < 4.78 is 69.9. The van der Waals surface area contributed by atoms with Gasteiger partial charge in [0.1, 0.15) is 17.1 Å². The predicted octanol–water partition coefficient (Wildman–Crippen LogP) is 3.82. The number of benzene rings is 1. The summed E-state index contributed by atoms with van der Waals surface area (Å²) in [6.45, 7) is 0. The maximum absolute atomic E-state index is 13.0. The first kappa shape index (κ1) is 21.5. The Morgan fingerprint density at radius 1 is 1.27 bits per heavy atom. The number of halogens is 5. The number of carbonyl (C=O) groups is 1. The van der Waals surface area contributed by atoms with Crippen LogP contribution in [0.15, 0.2) is 24.4 Å². The van der Waals surface area contributed by atoms with Gasteiger partial charge in [0, 0.05) is 37.7 Å². The zero-order valence-electron chi connectivity index (χ0n) is 15.9. The van der Waals surface area contributed by atoms with Gasteiger partial charge in [-0.2, -0.15) is 18.2 Å². The summed E-state index contributed by atoms with van der Waals surface area (Å²) in [7, 11) is 2.63. The predicted molar refractivity (Wildman–Crippen MR) is 98.3 cm³/mol. The van der Waals surface area contributed by atoms with Gasteiger partial charge in [-0.15, -0.1) is 0 Å². The lowest BCUT2D eigenvalue weighted by molar-refractivity contribution is -0.137. The number of anilines is 3. The summed E-state index contributed by atoms with van der Waals surface area (Å²) in [5.74, 6) is -3.64. The third-order valence-electron chi connectivity index (χ3n) is 4.47. The summed E-state index contributed by atoms with van der Waals surface area (Å²) in [5, 5.41) is 7.61. The molecule has 1 aliphatic carbocycles. The van der Waals surface area contributed by atoms with Crippen LogP contribution in [0.4, 0.5) is 39.4 Å². The van der Waals surface area contributed by atoms with Gasteiger partial charge in [-0.05, 0) is 18.2 Å². The molecular weight excluding hydrogens is 413 g/mol. The molecule has 0 radical (unpaired) electrons. The minimum absolute atomic E-state index is 0.125. The summed E-state index contributed by atoms with van der Waals surface area (Å²) in [4.78, 5) is 19.7. The number of nitrogens with zero attached hydrogens (tertiary/aromatic N) is 2. The molecule has 0 atom stereocenters. The highest BCUT2D eigenvalue weighted by Crippen LogP contribution is 2.38.